The van der Waals surface area contributed by atoms with Gasteiger partial charge >= 0.3 is 0 Å². The van der Waals surface area contributed by atoms with Crippen LogP contribution < -0.4 is 5.32 Å². The van der Waals surface area contributed by atoms with Crippen molar-refractivity contribution in [3.8, 4) is 0 Å². The molecule has 0 bridgehead atoms. The first-order valence-electron chi connectivity index (χ1n) is 6.21. The van der Waals surface area contributed by atoms with Crippen LogP contribution in [0.1, 0.15) is 36.1 Å². The van der Waals surface area contributed by atoms with E-state index in [1.165, 1.54) is 6.07 Å². The van der Waals surface area contributed by atoms with Crippen molar-refractivity contribution >= 4 is 11.6 Å². The molecule has 20 heavy (non-hydrogen) atoms. The van der Waals surface area contributed by atoms with Gasteiger partial charge in [0.25, 0.3) is 5.91 Å². The Kier molecular flexibility index (Phi) is 3.83. The third-order valence-electron chi connectivity index (χ3n) is 2.82. The lowest BCUT2D eigenvalue weighted by atomic mass is 10.3. The van der Waals surface area contributed by atoms with E-state index in [1.54, 1.807) is 10.7 Å². The van der Waals surface area contributed by atoms with Crippen LogP contribution in [0.15, 0.2) is 24.3 Å². The molecule has 0 spiro atoms. The van der Waals surface area contributed by atoms with E-state index < -0.39 is 17.5 Å². The van der Waals surface area contributed by atoms with Gasteiger partial charge in [-0.25, -0.2) is 8.78 Å². The number of hydrogen-bond acceptors (Lipinski definition) is 2. The molecule has 4 nitrogen and oxygen atoms in total. The maximum Gasteiger partial charge on any atom is 0.276 e. The summed E-state index contributed by atoms with van der Waals surface area (Å²) in [5.74, 6) is -2.42. The van der Waals surface area contributed by atoms with Crippen LogP contribution in [0.5, 0.6) is 0 Å². The third-order valence-corrected chi connectivity index (χ3v) is 2.82. The number of anilines is 1. The summed E-state index contributed by atoms with van der Waals surface area (Å²) in [5, 5.41) is 6.67. The highest BCUT2D eigenvalue weighted by atomic mass is 19.2. The number of halogens is 2. The van der Waals surface area contributed by atoms with E-state index in [-0.39, 0.29) is 17.4 Å². The first kappa shape index (κ1) is 14.2. The molecular weight excluding hydrogens is 264 g/mol. The number of carbonyl (C=O) groups excluding carboxylic acids is 1. The van der Waals surface area contributed by atoms with Gasteiger partial charge in [0.15, 0.2) is 17.3 Å². The van der Waals surface area contributed by atoms with E-state index in [1.807, 2.05) is 20.8 Å². The molecule has 6 heteroatoms. The van der Waals surface area contributed by atoms with Crippen LogP contribution in [0.25, 0.3) is 0 Å². The Hall–Kier alpha value is -2.24. The van der Waals surface area contributed by atoms with Crippen molar-refractivity contribution < 1.29 is 13.6 Å². The molecule has 2 aromatic rings. The van der Waals surface area contributed by atoms with Gasteiger partial charge in [0.1, 0.15) is 0 Å². The largest absolute Gasteiger partial charge is 0.320 e. The number of aryl methyl sites for hydroxylation is 1. The van der Waals surface area contributed by atoms with Crippen molar-refractivity contribution in [2.24, 2.45) is 0 Å². The second kappa shape index (κ2) is 5.40. The number of aromatic nitrogens is 2. The van der Waals surface area contributed by atoms with E-state index >= 15 is 0 Å². The SMILES string of the molecule is Cc1cc(C(=O)Nc2ccc(F)c(F)c2)nn1C(C)C. The number of carbonyl (C=O) groups is 1. The molecule has 1 heterocycles. The monoisotopic (exact) mass is 279 g/mol. The van der Waals surface area contributed by atoms with Gasteiger partial charge in [-0.3, -0.25) is 9.48 Å². The molecule has 0 atom stereocenters. The van der Waals surface area contributed by atoms with Gasteiger partial charge in [-0.1, -0.05) is 0 Å². The lowest BCUT2D eigenvalue weighted by Crippen LogP contribution is -2.14. The molecule has 0 aliphatic rings. The Morgan fingerprint density at radius 3 is 2.50 bits per heavy atom. The van der Waals surface area contributed by atoms with Gasteiger partial charge in [0.05, 0.1) is 0 Å². The highest BCUT2D eigenvalue weighted by Gasteiger charge is 2.14. The van der Waals surface area contributed by atoms with Gasteiger partial charge in [-0.2, -0.15) is 5.10 Å². The van der Waals surface area contributed by atoms with E-state index in [0.717, 1.165) is 17.8 Å². The Morgan fingerprint density at radius 2 is 1.95 bits per heavy atom. The normalized spacial score (nSPS) is 10.9. The molecule has 0 fully saturated rings. The minimum absolute atomic E-state index is 0.139. The quantitative estimate of drug-likeness (QED) is 0.937. The summed E-state index contributed by atoms with van der Waals surface area (Å²) < 4.78 is 27.6. The number of amides is 1. The molecule has 0 unspecified atom stereocenters. The fourth-order valence-electron chi connectivity index (χ4n) is 1.89. The maximum absolute atomic E-state index is 13.1. The zero-order chi connectivity index (χ0) is 14.9. The van der Waals surface area contributed by atoms with E-state index in [2.05, 4.69) is 10.4 Å². The Balaban J connectivity index is 2.19. The molecule has 0 aliphatic heterocycles. The van der Waals surface area contributed by atoms with Crippen molar-refractivity contribution in [2.45, 2.75) is 26.8 Å². The van der Waals surface area contributed by atoms with Crippen molar-refractivity contribution in [1.29, 1.82) is 0 Å². The summed E-state index contributed by atoms with van der Waals surface area (Å²) in [4.78, 5) is 12.0. The Labute approximate surface area is 115 Å². The fraction of sp³-hybridized carbons (Fsp3) is 0.286. The highest BCUT2D eigenvalue weighted by molar-refractivity contribution is 6.02. The third kappa shape index (κ3) is 2.84. The average molecular weight is 279 g/mol. The standard InChI is InChI=1S/C14H15F2N3O/c1-8(2)19-9(3)6-13(18-19)14(20)17-10-4-5-11(15)12(16)7-10/h4-8H,1-3H3,(H,17,20). The first-order chi connectivity index (χ1) is 9.38. The van der Waals surface area contributed by atoms with Crippen LogP contribution in [0.2, 0.25) is 0 Å². The molecule has 106 valence electrons. The predicted molar refractivity (Wildman–Crippen MR) is 71.7 cm³/mol. The summed E-state index contributed by atoms with van der Waals surface area (Å²) in [6.45, 7) is 5.76. The first-order valence-corrected chi connectivity index (χ1v) is 6.21. The van der Waals surface area contributed by atoms with Crippen molar-refractivity contribution in [2.75, 3.05) is 5.32 Å². The van der Waals surface area contributed by atoms with Crippen LogP contribution in [0, 0.1) is 18.6 Å². The smallest absolute Gasteiger partial charge is 0.276 e. The predicted octanol–water partition coefficient (Wildman–Crippen LogP) is 3.30. The average Bonchev–Trinajstić information content (AvgIpc) is 2.76. The van der Waals surface area contributed by atoms with Gasteiger partial charge < -0.3 is 5.32 Å². The zero-order valence-electron chi connectivity index (χ0n) is 11.4. The van der Waals surface area contributed by atoms with Crippen LogP contribution in [-0.4, -0.2) is 15.7 Å². The molecule has 0 saturated heterocycles. The number of benzene rings is 1. The summed E-state index contributed by atoms with van der Waals surface area (Å²) in [6.07, 6.45) is 0. The Bertz CT molecular complexity index is 650. The molecule has 0 radical (unpaired) electrons. The van der Waals surface area contributed by atoms with Gasteiger partial charge in [0.2, 0.25) is 0 Å². The van der Waals surface area contributed by atoms with Crippen LogP contribution >= 0.6 is 0 Å². The summed E-state index contributed by atoms with van der Waals surface area (Å²) in [5.41, 5.74) is 1.28. The van der Waals surface area contributed by atoms with Gasteiger partial charge in [-0.05, 0) is 39.0 Å². The lowest BCUT2D eigenvalue weighted by Gasteiger charge is -2.07. The molecule has 1 aromatic heterocycles. The van der Waals surface area contributed by atoms with Crippen molar-refractivity contribution in [3.05, 3.63) is 47.3 Å². The summed E-state index contributed by atoms with van der Waals surface area (Å²) in [6, 6.07) is 4.97. The molecule has 1 amide bonds. The molecular formula is C14H15F2N3O. The van der Waals surface area contributed by atoms with Crippen molar-refractivity contribution in [3.63, 3.8) is 0 Å². The zero-order valence-corrected chi connectivity index (χ0v) is 11.4. The van der Waals surface area contributed by atoms with Gasteiger partial charge in [0, 0.05) is 23.5 Å². The topological polar surface area (TPSA) is 46.9 Å². The molecule has 0 aliphatic carbocycles. The minimum Gasteiger partial charge on any atom is -0.320 e. The van der Waals surface area contributed by atoms with E-state index in [4.69, 9.17) is 0 Å². The summed E-state index contributed by atoms with van der Waals surface area (Å²) in [7, 11) is 0. The minimum atomic E-state index is -1.01. The van der Waals surface area contributed by atoms with Crippen LogP contribution in [0.4, 0.5) is 14.5 Å². The molecule has 1 N–H and O–H groups in total. The van der Waals surface area contributed by atoms with Crippen LogP contribution in [0.3, 0.4) is 0 Å². The number of rotatable bonds is 3. The fourth-order valence-corrected chi connectivity index (χ4v) is 1.89. The van der Waals surface area contributed by atoms with E-state index in [9.17, 15) is 13.6 Å². The van der Waals surface area contributed by atoms with E-state index in [0.29, 0.717) is 0 Å². The number of nitrogens with zero attached hydrogens (tertiary/aromatic N) is 2. The lowest BCUT2D eigenvalue weighted by molar-refractivity contribution is 0.102. The molecule has 1 aromatic carbocycles. The summed E-state index contributed by atoms with van der Waals surface area (Å²) >= 11 is 0. The maximum atomic E-state index is 13.1. The number of hydrogen-bond donors (Lipinski definition) is 1. The Morgan fingerprint density at radius 1 is 1.25 bits per heavy atom. The number of nitrogens with one attached hydrogen (secondary N) is 1. The molecule has 0 saturated carbocycles. The van der Waals surface area contributed by atoms with Crippen LogP contribution in [-0.2, 0) is 0 Å². The second-order valence-corrected chi connectivity index (χ2v) is 4.79. The second-order valence-electron chi connectivity index (χ2n) is 4.79. The van der Waals surface area contributed by atoms with Gasteiger partial charge in [-0.15, -0.1) is 0 Å². The molecule has 2 rings (SSSR count). The van der Waals surface area contributed by atoms with Crippen molar-refractivity contribution in [1.82, 2.24) is 9.78 Å². The highest BCUT2D eigenvalue weighted by Crippen LogP contribution is 2.15.